The fourth-order valence-electron chi connectivity index (χ4n) is 4.40. The smallest absolute Gasteiger partial charge is 0.311 e. The second kappa shape index (κ2) is 7.74. The van der Waals surface area contributed by atoms with Crippen LogP contribution in [0.15, 0.2) is 11.6 Å². The molecule has 0 spiro atoms. The molecule has 0 aromatic carbocycles. The molecule has 142 valence electrons. The van der Waals surface area contributed by atoms with Crippen molar-refractivity contribution in [1.82, 2.24) is 4.90 Å². The van der Waals surface area contributed by atoms with Crippen molar-refractivity contribution >= 4 is 5.97 Å². The summed E-state index contributed by atoms with van der Waals surface area (Å²) in [6.07, 6.45) is 5.97. The highest BCUT2D eigenvalue weighted by Crippen LogP contribution is 2.50. The number of epoxide rings is 1. The number of carbonyl (C=O) groups is 1. The van der Waals surface area contributed by atoms with E-state index in [9.17, 15) is 15.0 Å². The lowest BCUT2D eigenvalue weighted by Gasteiger charge is -2.27. The molecule has 2 saturated heterocycles. The Labute approximate surface area is 149 Å². The van der Waals surface area contributed by atoms with E-state index in [0.717, 1.165) is 25.7 Å². The summed E-state index contributed by atoms with van der Waals surface area (Å²) >= 11 is 0. The molecule has 0 bridgehead atoms. The summed E-state index contributed by atoms with van der Waals surface area (Å²) in [5, 5.41) is 18.5. The van der Waals surface area contributed by atoms with Crippen LogP contribution in [0.5, 0.6) is 0 Å². The summed E-state index contributed by atoms with van der Waals surface area (Å²) in [7, 11) is 0. The van der Waals surface area contributed by atoms with Crippen LogP contribution in [0.4, 0.5) is 0 Å². The maximum Gasteiger partial charge on any atom is 0.311 e. The van der Waals surface area contributed by atoms with E-state index in [2.05, 4.69) is 19.9 Å². The van der Waals surface area contributed by atoms with Gasteiger partial charge in [-0.3, -0.25) is 9.69 Å². The molecule has 0 saturated carbocycles. The van der Waals surface area contributed by atoms with Gasteiger partial charge in [0.05, 0.1) is 24.7 Å². The van der Waals surface area contributed by atoms with Gasteiger partial charge in [-0.05, 0) is 39.5 Å². The van der Waals surface area contributed by atoms with E-state index in [4.69, 9.17) is 9.47 Å². The van der Waals surface area contributed by atoms with Gasteiger partial charge in [-0.25, -0.2) is 0 Å². The van der Waals surface area contributed by atoms with Gasteiger partial charge in [-0.15, -0.1) is 0 Å². The lowest BCUT2D eigenvalue weighted by Crippen LogP contribution is -2.39. The zero-order chi connectivity index (χ0) is 18.0. The average molecular weight is 353 g/mol. The van der Waals surface area contributed by atoms with Crippen molar-refractivity contribution in [1.29, 1.82) is 0 Å². The quantitative estimate of drug-likeness (QED) is 0.423. The molecule has 3 aliphatic rings. The Hall–Kier alpha value is -0.950. The largest absolute Gasteiger partial charge is 0.459 e. The second-order valence-electron chi connectivity index (χ2n) is 7.90. The number of hydrogen-bond acceptors (Lipinski definition) is 6. The summed E-state index contributed by atoms with van der Waals surface area (Å²) in [5.41, 5.74) is 1.18. The van der Waals surface area contributed by atoms with Crippen LogP contribution in [0.1, 0.15) is 39.5 Å². The number of aliphatic hydroxyl groups is 2. The molecule has 2 heterocycles. The monoisotopic (exact) mass is 353 g/mol. The average Bonchev–Trinajstić information content (AvgIpc) is 3.13. The normalized spacial score (nSPS) is 40.0. The number of allylic oxidation sites excluding steroid dienone is 2. The predicted molar refractivity (Wildman–Crippen MR) is 93.0 cm³/mol. The number of nitrogens with zero attached hydrogens (tertiary/aromatic N) is 1. The van der Waals surface area contributed by atoms with Gasteiger partial charge in [0.15, 0.2) is 0 Å². The molecule has 6 heteroatoms. The van der Waals surface area contributed by atoms with E-state index >= 15 is 0 Å². The molecule has 3 rings (SSSR count). The van der Waals surface area contributed by atoms with Gasteiger partial charge in [-0.2, -0.15) is 0 Å². The van der Waals surface area contributed by atoms with E-state index in [0.29, 0.717) is 19.6 Å². The van der Waals surface area contributed by atoms with Crippen LogP contribution in [0.2, 0.25) is 0 Å². The zero-order valence-electron chi connectivity index (χ0n) is 15.3. The number of ether oxygens (including phenoxy) is 2. The van der Waals surface area contributed by atoms with Crippen molar-refractivity contribution in [2.24, 2.45) is 11.8 Å². The Morgan fingerprint density at radius 3 is 2.72 bits per heavy atom. The Kier molecular flexibility index (Phi) is 5.83. The minimum atomic E-state index is -0.219. The van der Waals surface area contributed by atoms with Gasteiger partial charge in [0.2, 0.25) is 0 Å². The van der Waals surface area contributed by atoms with Crippen LogP contribution in [-0.2, 0) is 14.3 Å². The molecule has 0 aromatic heterocycles. The molecular formula is C19H31NO5. The first-order chi connectivity index (χ1) is 12.0. The highest BCUT2D eigenvalue weighted by Gasteiger charge is 2.62. The number of carbonyl (C=O) groups excluding carboxylic acids is 1. The predicted octanol–water partition coefficient (Wildman–Crippen LogP) is 1.11. The zero-order valence-corrected chi connectivity index (χ0v) is 15.3. The van der Waals surface area contributed by atoms with Crippen LogP contribution in [0, 0.1) is 11.8 Å². The molecular weight excluding hydrogens is 322 g/mol. The SMILES string of the molecule is C/C1=C\CC[C@@]2(C)OC2[C@H]2OC(=O)C(CN(CCO)CCO)C2CC1. The fourth-order valence-corrected chi connectivity index (χ4v) is 4.40. The molecule has 6 nitrogen and oxygen atoms in total. The number of hydrogen-bond donors (Lipinski definition) is 2. The van der Waals surface area contributed by atoms with Crippen LogP contribution in [0.25, 0.3) is 0 Å². The molecule has 5 atom stereocenters. The maximum absolute atomic E-state index is 12.6. The first-order valence-corrected chi connectivity index (χ1v) is 9.46. The summed E-state index contributed by atoms with van der Waals surface area (Å²) in [5.74, 6) is -0.251. The van der Waals surface area contributed by atoms with Crippen molar-refractivity contribution in [2.75, 3.05) is 32.8 Å². The van der Waals surface area contributed by atoms with Crippen molar-refractivity contribution in [3.05, 3.63) is 11.6 Å². The van der Waals surface area contributed by atoms with Gasteiger partial charge in [0, 0.05) is 25.6 Å². The third kappa shape index (κ3) is 4.08. The lowest BCUT2D eigenvalue weighted by molar-refractivity contribution is -0.145. The molecule has 0 aromatic rings. The summed E-state index contributed by atoms with van der Waals surface area (Å²) in [6, 6.07) is 0. The standard InChI is InChI=1S/C19H31NO5/c1-13-4-3-7-19(2)17(25-19)16-14(6-5-13)15(18(23)24-16)12-20(8-10-21)9-11-22/h4,14-17,21-22H,3,5-12H2,1-2H3/b13-4+/t14?,15?,16-,17?,19+/m0/s1. The summed E-state index contributed by atoms with van der Waals surface area (Å²) < 4.78 is 11.8. The minimum absolute atomic E-state index is 0.00221. The van der Waals surface area contributed by atoms with Gasteiger partial charge in [-0.1, -0.05) is 11.6 Å². The Balaban J connectivity index is 1.77. The molecule has 1 aliphatic carbocycles. The molecule has 2 fully saturated rings. The van der Waals surface area contributed by atoms with Gasteiger partial charge in [0.25, 0.3) is 0 Å². The second-order valence-corrected chi connectivity index (χ2v) is 7.90. The van der Waals surface area contributed by atoms with Crippen LogP contribution >= 0.6 is 0 Å². The molecule has 3 unspecified atom stereocenters. The lowest BCUT2D eigenvalue weighted by atomic mass is 9.80. The topological polar surface area (TPSA) is 82.5 Å². The summed E-state index contributed by atoms with van der Waals surface area (Å²) in [6.45, 7) is 5.73. The van der Waals surface area contributed by atoms with Gasteiger partial charge in [0.1, 0.15) is 12.2 Å². The third-order valence-electron chi connectivity index (χ3n) is 6.03. The van der Waals surface area contributed by atoms with E-state index in [1.807, 2.05) is 4.90 Å². The fraction of sp³-hybridized carbons (Fsp3) is 0.842. The Bertz CT molecular complexity index is 516. The Morgan fingerprint density at radius 1 is 1.32 bits per heavy atom. The third-order valence-corrected chi connectivity index (χ3v) is 6.03. The molecule has 2 N–H and O–H groups in total. The molecule has 25 heavy (non-hydrogen) atoms. The summed E-state index contributed by atoms with van der Waals surface area (Å²) in [4.78, 5) is 14.5. The Morgan fingerprint density at radius 2 is 2.04 bits per heavy atom. The minimum Gasteiger partial charge on any atom is -0.459 e. The van der Waals surface area contributed by atoms with Crippen molar-refractivity contribution in [3.8, 4) is 0 Å². The van der Waals surface area contributed by atoms with Gasteiger partial charge < -0.3 is 19.7 Å². The van der Waals surface area contributed by atoms with E-state index in [1.165, 1.54) is 5.57 Å². The van der Waals surface area contributed by atoms with Crippen LogP contribution in [0.3, 0.4) is 0 Å². The number of fused-ring (bicyclic) bond motifs is 3. The number of aliphatic hydroxyl groups excluding tert-OH is 2. The van der Waals surface area contributed by atoms with E-state index in [-0.39, 0.29) is 48.8 Å². The van der Waals surface area contributed by atoms with Crippen LogP contribution in [-0.4, -0.2) is 71.7 Å². The number of rotatable bonds is 6. The highest BCUT2D eigenvalue weighted by molar-refractivity contribution is 5.75. The van der Waals surface area contributed by atoms with Crippen LogP contribution < -0.4 is 0 Å². The van der Waals surface area contributed by atoms with Crippen molar-refractivity contribution in [3.63, 3.8) is 0 Å². The van der Waals surface area contributed by atoms with E-state index < -0.39 is 0 Å². The van der Waals surface area contributed by atoms with Gasteiger partial charge >= 0.3 is 5.97 Å². The highest BCUT2D eigenvalue weighted by atomic mass is 16.6. The molecule has 2 aliphatic heterocycles. The maximum atomic E-state index is 12.6. The first-order valence-electron chi connectivity index (χ1n) is 9.46. The van der Waals surface area contributed by atoms with Crippen molar-refractivity contribution in [2.45, 2.75) is 57.3 Å². The molecule has 0 amide bonds. The number of esters is 1. The molecule has 0 radical (unpaired) electrons. The van der Waals surface area contributed by atoms with Crippen molar-refractivity contribution < 1.29 is 24.5 Å². The first kappa shape index (κ1) is 18.8. The van der Waals surface area contributed by atoms with E-state index in [1.54, 1.807) is 0 Å².